The first-order valence-corrected chi connectivity index (χ1v) is 6.88. The van der Waals surface area contributed by atoms with E-state index in [2.05, 4.69) is 10.6 Å². The van der Waals surface area contributed by atoms with Gasteiger partial charge >= 0.3 is 0 Å². The molecule has 5 nitrogen and oxygen atoms in total. The van der Waals surface area contributed by atoms with Crippen LogP contribution in [0.15, 0.2) is 24.3 Å². The molecule has 3 N–H and O–H groups in total. The summed E-state index contributed by atoms with van der Waals surface area (Å²) in [6, 6.07) is 6.84. The lowest BCUT2D eigenvalue weighted by Gasteiger charge is -2.11. The zero-order chi connectivity index (χ0) is 14.5. The fourth-order valence-electron chi connectivity index (χ4n) is 2.51. The third kappa shape index (κ3) is 4.06. The molecule has 1 aliphatic rings. The van der Waals surface area contributed by atoms with Crippen molar-refractivity contribution in [2.45, 2.75) is 32.3 Å². The molecule has 5 heteroatoms. The normalized spacial score (nSPS) is 21.5. The predicted molar refractivity (Wildman–Crippen MR) is 76.4 cm³/mol. The second-order valence-corrected chi connectivity index (χ2v) is 5.30. The molecule has 0 heterocycles. The van der Waals surface area contributed by atoms with Gasteiger partial charge in [-0.25, -0.2) is 0 Å². The molecule has 2 amide bonds. The number of nitrogens with one attached hydrogen (secondary N) is 2. The first-order chi connectivity index (χ1) is 9.54. The zero-order valence-corrected chi connectivity index (χ0v) is 11.6. The summed E-state index contributed by atoms with van der Waals surface area (Å²) < 4.78 is 0. The van der Waals surface area contributed by atoms with Crippen molar-refractivity contribution in [3.63, 3.8) is 0 Å². The fourth-order valence-corrected chi connectivity index (χ4v) is 2.51. The van der Waals surface area contributed by atoms with Crippen LogP contribution < -0.4 is 10.6 Å². The Morgan fingerprint density at radius 1 is 1.35 bits per heavy atom. The maximum Gasteiger partial charge on any atom is 0.251 e. The molecule has 0 saturated heterocycles. The van der Waals surface area contributed by atoms with Crippen LogP contribution in [0.5, 0.6) is 0 Å². The van der Waals surface area contributed by atoms with Crippen LogP contribution in [0.25, 0.3) is 0 Å². The molecular weight excluding hydrogens is 256 g/mol. The van der Waals surface area contributed by atoms with E-state index in [1.807, 2.05) is 0 Å². The summed E-state index contributed by atoms with van der Waals surface area (Å²) in [5.41, 5.74) is 1.14. The van der Waals surface area contributed by atoms with Gasteiger partial charge in [0.25, 0.3) is 5.91 Å². The monoisotopic (exact) mass is 276 g/mol. The molecule has 2 unspecified atom stereocenters. The van der Waals surface area contributed by atoms with E-state index in [1.165, 1.54) is 6.92 Å². The highest BCUT2D eigenvalue weighted by Crippen LogP contribution is 2.24. The number of anilines is 1. The Kier molecular flexibility index (Phi) is 4.74. The lowest BCUT2D eigenvalue weighted by atomic mass is 10.1. The number of aliphatic hydroxyl groups excluding tert-OH is 1. The summed E-state index contributed by atoms with van der Waals surface area (Å²) in [4.78, 5) is 23.0. The number of hydrogen-bond donors (Lipinski definition) is 3. The SMILES string of the molecule is CC(=O)Nc1cccc(C(=O)NCC2CCC(O)C2)c1. The highest BCUT2D eigenvalue weighted by molar-refractivity contribution is 5.96. The molecular formula is C15H20N2O3. The molecule has 1 saturated carbocycles. The molecule has 2 rings (SSSR count). The van der Waals surface area contributed by atoms with Gasteiger partial charge in [-0.2, -0.15) is 0 Å². The van der Waals surface area contributed by atoms with E-state index in [0.29, 0.717) is 23.7 Å². The number of hydrogen-bond acceptors (Lipinski definition) is 3. The smallest absolute Gasteiger partial charge is 0.251 e. The highest BCUT2D eigenvalue weighted by Gasteiger charge is 2.23. The highest BCUT2D eigenvalue weighted by atomic mass is 16.3. The Labute approximate surface area is 118 Å². The minimum absolute atomic E-state index is 0.154. The first-order valence-electron chi connectivity index (χ1n) is 6.88. The summed E-state index contributed by atoms with van der Waals surface area (Å²) in [7, 11) is 0. The van der Waals surface area contributed by atoms with Crippen LogP contribution in [0.1, 0.15) is 36.5 Å². The molecule has 2 atom stereocenters. The van der Waals surface area contributed by atoms with Gasteiger partial charge in [0.1, 0.15) is 0 Å². The third-order valence-corrected chi connectivity index (χ3v) is 3.51. The van der Waals surface area contributed by atoms with E-state index >= 15 is 0 Å². The van der Waals surface area contributed by atoms with E-state index < -0.39 is 0 Å². The molecule has 20 heavy (non-hydrogen) atoms. The maximum atomic E-state index is 12.0. The molecule has 0 radical (unpaired) electrons. The van der Waals surface area contributed by atoms with Crippen LogP contribution in [0.2, 0.25) is 0 Å². The predicted octanol–water partition coefficient (Wildman–Crippen LogP) is 1.54. The van der Waals surface area contributed by atoms with E-state index in [0.717, 1.165) is 19.3 Å². The maximum absolute atomic E-state index is 12.0. The molecule has 1 aromatic rings. The van der Waals surface area contributed by atoms with Gasteiger partial charge in [0.2, 0.25) is 5.91 Å². The summed E-state index contributed by atoms with van der Waals surface area (Å²) in [6.07, 6.45) is 2.30. The zero-order valence-electron chi connectivity index (χ0n) is 11.6. The van der Waals surface area contributed by atoms with Crippen molar-refractivity contribution in [3.8, 4) is 0 Å². The van der Waals surface area contributed by atoms with Crippen molar-refractivity contribution < 1.29 is 14.7 Å². The van der Waals surface area contributed by atoms with Gasteiger partial charge in [-0.3, -0.25) is 9.59 Å². The van der Waals surface area contributed by atoms with Gasteiger partial charge in [-0.15, -0.1) is 0 Å². The van der Waals surface area contributed by atoms with E-state index in [4.69, 9.17) is 0 Å². The van der Waals surface area contributed by atoms with Crippen molar-refractivity contribution in [3.05, 3.63) is 29.8 Å². The molecule has 1 fully saturated rings. The first kappa shape index (κ1) is 14.5. The van der Waals surface area contributed by atoms with E-state index in [1.54, 1.807) is 24.3 Å². The van der Waals surface area contributed by atoms with Gasteiger partial charge in [0.15, 0.2) is 0 Å². The fraction of sp³-hybridized carbons (Fsp3) is 0.467. The summed E-state index contributed by atoms with van der Waals surface area (Å²) >= 11 is 0. The van der Waals surface area contributed by atoms with Crippen LogP contribution in [0.4, 0.5) is 5.69 Å². The second-order valence-electron chi connectivity index (χ2n) is 5.30. The minimum atomic E-state index is -0.222. The van der Waals surface area contributed by atoms with Crippen molar-refractivity contribution in [2.75, 3.05) is 11.9 Å². The van der Waals surface area contributed by atoms with Gasteiger partial charge < -0.3 is 15.7 Å². The summed E-state index contributed by atoms with van der Waals surface area (Å²) in [6.45, 7) is 2.01. The molecule has 1 aliphatic carbocycles. The van der Waals surface area contributed by atoms with Crippen LogP contribution in [-0.4, -0.2) is 29.6 Å². The topological polar surface area (TPSA) is 78.4 Å². The summed E-state index contributed by atoms with van der Waals surface area (Å²) in [5, 5.41) is 15.0. The Bertz CT molecular complexity index is 502. The van der Waals surface area contributed by atoms with Gasteiger partial charge in [-0.1, -0.05) is 6.07 Å². The summed E-state index contributed by atoms with van der Waals surface area (Å²) in [5.74, 6) is 0.0357. The van der Waals surface area contributed by atoms with Crippen LogP contribution in [0.3, 0.4) is 0 Å². The Hall–Kier alpha value is -1.88. The minimum Gasteiger partial charge on any atom is -0.393 e. The number of rotatable bonds is 4. The average molecular weight is 276 g/mol. The Morgan fingerprint density at radius 2 is 2.15 bits per heavy atom. The molecule has 108 valence electrons. The van der Waals surface area contributed by atoms with Gasteiger partial charge in [0.05, 0.1) is 6.10 Å². The van der Waals surface area contributed by atoms with Crippen molar-refractivity contribution in [1.29, 1.82) is 0 Å². The number of aliphatic hydroxyl groups is 1. The number of benzene rings is 1. The lowest BCUT2D eigenvalue weighted by molar-refractivity contribution is -0.114. The van der Waals surface area contributed by atoms with Crippen LogP contribution >= 0.6 is 0 Å². The number of amides is 2. The quantitative estimate of drug-likeness (QED) is 0.780. The molecule has 1 aromatic carbocycles. The van der Waals surface area contributed by atoms with Gasteiger partial charge in [-0.05, 0) is 43.4 Å². The molecule has 0 aromatic heterocycles. The second kappa shape index (κ2) is 6.52. The average Bonchev–Trinajstić information content (AvgIpc) is 2.81. The largest absolute Gasteiger partial charge is 0.393 e. The van der Waals surface area contributed by atoms with E-state index in [-0.39, 0.29) is 17.9 Å². The molecule has 0 spiro atoms. The van der Waals surface area contributed by atoms with Crippen LogP contribution in [0, 0.1) is 5.92 Å². The van der Waals surface area contributed by atoms with Crippen molar-refractivity contribution >= 4 is 17.5 Å². The van der Waals surface area contributed by atoms with Crippen LogP contribution in [-0.2, 0) is 4.79 Å². The number of carbonyl (C=O) groups excluding carboxylic acids is 2. The molecule has 0 aliphatic heterocycles. The Morgan fingerprint density at radius 3 is 2.80 bits per heavy atom. The third-order valence-electron chi connectivity index (χ3n) is 3.51. The lowest BCUT2D eigenvalue weighted by Crippen LogP contribution is -2.28. The standard InChI is InChI=1S/C15H20N2O3/c1-10(18)17-13-4-2-3-12(8-13)15(20)16-9-11-5-6-14(19)7-11/h2-4,8,11,14,19H,5-7,9H2,1H3,(H,16,20)(H,17,18). The van der Waals surface area contributed by atoms with Crippen molar-refractivity contribution in [1.82, 2.24) is 5.32 Å². The number of carbonyl (C=O) groups is 2. The van der Waals surface area contributed by atoms with E-state index in [9.17, 15) is 14.7 Å². The Balaban J connectivity index is 1.90. The van der Waals surface area contributed by atoms with Gasteiger partial charge in [0, 0.05) is 24.7 Å². The van der Waals surface area contributed by atoms with Crippen molar-refractivity contribution in [2.24, 2.45) is 5.92 Å². The molecule has 0 bridgehead atoms.